The highest BCUT2D eigenvalue weighted by Crippen LogP contribution is 2.15. The molecule has 16 heavy (non-hydrogen) atoms. The average Bonchev–Trinajstić information content (AvgIpc) is 2.26. The van der Waals surface area contributed by atoms with E-state index in [0.29, 0.717) is 0 Å². The van der Waals surface area contributed by atoms with Crippen LogP contribution in [0.4, 0.5) is 0 Å². The van der Waals surface area contributed by atoms with E-state index in [1.54, 1.807) is 0 Å². The van der Waals surface area contributed by atoms with E-state index in [1.807, 2.05) is 13.0 Å². The quantitative estimate of drug-likeness (QED) is 0.424. The molecule has 0 aliphatic heterocycles. The number of hydrogen-bond acceptors (Lipinski definition) is 1. The van der Waals surface area contributed by atoms with Gasteiger partial charge in [-0.15, -0.1) is 6.58 Å². The second-order valence-corrected chi connectivity index (χ2v) is 4.49. The van der Waals surface area contributed by atoms with Crippen LogP contribution in [-0.2, 0) is 0 Å². The van der Waals surface area contributed by atoms with Crippen molar-refractivity contribution < 1.29 is 5.11 Å². The van der Waals surface area contributed by atoms with Gasteiger partial charge in [0.2, 0.25) is 0 Å². The molecular weight excluding hydrogens is 196 g/mol. The molecule has 0 spiro atoms. The van der Waals surface area contributed by atoms with Gasteiger partial charge in [-0.3, -0.25) is 0 Å². The maximum absolute atomic E-state index is 9.64. The first kappa shape index (κ1) is 15.4. The van der Waals surface area contributed by atoms with Crippen molar-refractivity contribution in [1.82, 2.24) is 0 Å². The zero-order chi connectivity index (χ0) is 12.2. The molecule has 0 saturated carbocycles. The van der Waals surface area contributed by atoms with Gasteiger partial charge in [0, 0.05) is 0 Å². The van der Waals surface area contributed by atoms with Gasteiger partial charge in [-0.25, -0.2) is 0 Å². The molecule has 0 saturated heterocycles. The molecule has 0 heterocycles. The minimum absolute atomic E-state index is 0.273. The number of aliphatic hydroxyl groups excluding tert-OH is 1. The van der Waals surface area contributed by atoms with Crippen molar-refractivity contribution >= 4 is 0 Å². The van der Waals surface area contributed by atoms with E-state index in [9.17, 15) is 5.11 Å². The molecule has 94 valence electrons. The van der Waals surface area contributed by atoms with Gasteiger partial charge < -0.3 is 5.11 Å². The Bertz CT molecular complexity index is 192. The van der Waals surface area contributed by atoms with Crippen LogP contribution >= 0.6 is 0 Å². The third-order valence-corrected chi connectivity index (χ3v) is 2.87. The monoisotopic (exact) mass is 224 g/mol. The first-order chi connectivity index (χ1) is 7.72. The first-order valence-electron chi connectivity index (χ1n) is 6.70. The van der Waals surface area contributed by atoms with Gasteiger partial charge in [-0.1, -0.05) is 38.3 Å². The zero-order valence-electron chi connectivity index (χ0n) is 11.0. The number of hydrogen-bond donors (Lipinski definition) is 1. The Balaban J connectivity index is 3.81. The van der Waals surface area contributed by atoms with Crippen LogP contribution in [0.3, 0.4) is 0 Å². The molecule has 1 N–H and O–H groups in total. The Morgan fingerprint density at radius 3 is 2.50 bits per heavy atom. The summed E-state index contributed by atoms with van der Waals surface area (Å²) in [4.78, 5) is 0. The molecule has 1 atom stereocenters. The molecule has 0 aliphatic rings. The van der Waals surface area contributed by atoms with E-state index in [1.165, 1.54) is 31.3 Å². The third kappa shape index (κ3) is 8.72. The van der Waals surface area contributed by atoms with Crippen LogP contribution in [0.2, 0.25) is 0 Å². The fourth-order valence-electron chi connectivity index (χ4n) is 1.79. The van der Waals surface area contributed by atoms with Crippen LogP contribution in [0.5, 0.6) is 0 Å². The van der Waals surface area contributed by atoms with Gasteiger partial charge in [-0.2, -0.15) is 0 Å². The molecule has 0 radical (unpaired) electrons. The molecule has 0 aromatic heterocycles. The summed E-state index contributed by atoms with van der Waals surface area (Å²) >= 11 is 0. The molecule has 0 amide bonds. The molecule has 0 fully saturated rings. The maximum Gasteiger partial charge on any atom is 0.0721 e. The highest BCUT2D eigenvalue weighted by molar-refractivity contribution is 5.06. The van der Waals surface area contributed by atoms with Crippen molar-refractivity contribution in [3.63, 3.8) is 0 Å². The highest BCUT2D eigenvalue weighted by atomic mass is 16.3. The van der Waals surface area contributed by atoms with Crippen molar-refractivity contribution in [3.8, 4) is 0 Å². The lowest BCUT2D eigenvalue weighted by Gasteiger charge is -2.10. The van der Waals surface area contributed by atoms with E-state index in [2.05, 4.69) is 19.6 Å². The smallest absolute Gasteiger partial charge is 0.0721 e. The first-order valence-corrected chi connectivity index (χ1v) is 6.70. The van der Waals surface area contributed by atoms with Crippen LogP contribution < -0.4 is 0 Å². The summed E-state index contributed by atoms with van der Waals surface area (Å²) in [7, 11) is 0. The Labute approximate surface area is 101 Å². The summed E-state index contributed by atoms with van der Waals surface area (Å²) < 4.78 is 0. The SMILES string of the molecule is C=CCCC/C=C(/CCCCCC)C(C)O. The van der Waals surface area contributed by atoms with Crippen LogP contribution in [0.15, 0.2) is 24.3 Å². The van der Waals surface area contributed by atoms with E-state index in [0.717, 1.165) is 25.7 Å². The van der Waals surface area contributed by atoms with Crippen molar-refractivity contribution in [3.05, 3.63) is 24.3 Å². The molecule has 0 aliphatic carbocycles. The molecule has 0 aromatic carbocycles. The standard InChI is InChI=1S/C15H28O/c1-4-6-8-10-12-15(14(3)16)13-11-9-7-5-2/h4,12,14,16H,1,5-11,13H2,2-3H3/b15-12-. The lowest BCUT2D eigenvalue weighted by molar-refractivity contribution is 0.225. The number of unbranched alkanes of at least 4 members (excludes halogenated alkanes) is 5. The molecule has 0 bridgehead atoms. The topological polar surface area (TPSA) is 20.2 Å². The average molecular weight is 224 g/mol. The Morgan fingerprint density at radius 2 is 1.94 bits per heavy atom. The fourth-order valence-corrected chi connectivity index (χ4v) is 1.79. The highest BCUT2D eigenvalue weighted by Gasteiger charge is 2.03. The normalized spacial score (nSPS) is 13.8. The van der Waals surface area contributed by atoms with Crippen molar-refractivity contribution in [2.24, 2.45) is 0 Å². The van der Waals surface area contributed by atoms with E-state index in [4.69, 9.17) is 0 Å². The predicted molar refractivity (Wildman–Crippen MR) is 72.6 cm³/mol. The van der Waals surface area contributed by atoms with Crippen LogP contribution in [0.25, 0.3) is 0 Å². The molecule has 1 heteroatoms. The molecule has 0 aromatic rings. The van der Waals surface area contributed by atoms with Crippen molar-refractivity contribution in [1.29, 1.82) is 0 Å². The van der Waals surface area contributed by atoms with Crippen molar-refractivity contribution in [2.45, 2.75) is 71.3 Å². The van der Waals surface area contributed by atoms with Crippen LogP contribution in [-0.4, -0.2) is 11.2 Å². The van der Waals surface area contributed by atoms with E-state index < -0.39 is 0 Å². The maximum atomic E-state index is 9.64. The molecule has 1 unspecified atom stereocenters. The largest absolute Gasteiger partial charge is 0.389 e. The van der Waals surface area contributed by atoms with Gasteiger partial charge in [0.15, 0.2) is 0 Å². The Kier molecular flexibility index (Phi) is 10.6. The van der Waals surface area contributed by atoms with Crippen LogP contribution in [0.1, 0.15) is 65.2 Å². The summed E-state index contributed by atoms with van der Waals surface area (Å²) in [6.07, 6.45) is 13.3. The second-order valence-electron chi connectivity index (χ2n) is 4.49. The van der Waals surface area contributed by atoms with E-state index >= 15 is 0 Å². The number of rotatable bonds is 10. The molecule has 0 rings (SSSR count). The third-order valence-electron chi connectivity index (χ3n) is 2.87. The summed E-state index contributed by atoms with van der Waals surface area (Å²) in [5.74, 6) is 0. The summed E-state index contributed by atoms with van der Waals surface area (Å²) in [5.41, 5.74) is 1.22. The lowest BCUT2D eigenvalue weighted by Crippen LogP contribution is -2.04. The number of allylic oxidation sites excluding steroid dienone is 2. The number of aliphatic hydroxyl groups is 1. The van der Waals surface area contributed by atoms with Crippen molar-refractivity contribution in [2.75, 3.05) is 0 Å². The summed E-state index contributed by atoms with van der Waals surface area (Å²) in [5, 5.41) is 9.64. The van der Waals surface area contributed by atoms with Gasteiger partial charge in [0.25, 0.3) is 0 Å². The van der Waals surface area contributed by atoms with Gasteiger partial charge in [0.05, 0.1) is 6.10 Å². The Hall–Kier alpha value is -0.560. The minimum Gasteiger partial charge on any atom is -0.389 e. The molecule has 1 nitrogen and oxygen atoms in total. The van der Waals surface area contributed by atoms with E-state index in [-0.39, 0.29) is 6.10 Å². The van der Waals surface area contributed by atoms with Gasteiger partial charge in [0.1, 0.15) is 0 Å². The van der Waals surface area contributed by atoms with Gasteiger partial charge >= 0.3 is 0 Å². The lowest BCUT2D eigenvalue weighted by atomic mass is 10.0. The fraction of sp³-hybridized carbons (Fsp3) is 0.733. The van der Waals surface area contributed by atoms with Gasteiger partial charge in [-0.05, 0) is 44.6 Å². The molecular formula is C15H28O. The summed E-state index contributed by atoms with van der Waals surface area (Å²) in [6, 6.07) is 0. The Morgan fingerprint density at radius 1 is 1.19 bits per heavy atom. The minimum atomic E-state index is -0.273. The van der Waals surface area contributed by atoms with Crippen LogP contribution in [0, 0.1) is 0 Å². The zero-order valence-corrected chi connectivity index (χ0v) is 11.0. The summed E-state index contributed by atoms with van der Waals surface area (Å²) in [6.45, 7) is 7.81. The second kappa shape index (κ2) is 10.9. The predicted octanol–water partition coefficient (Wildman–Crippen LogP) is 4.62.